The first-order valence-corrected chi connectivity index (χ1v) is 6.14. The number of amides is 1. The molecule has 1 aromatic rings. The minimum Gasteiger partial charge on any atom is -0.495 e. The zero-order valence-electron chi connectivity index (χ0n) is 10.8. The number of ether oxygens (including phenoxy) is 1. The summed E-state index contributed by atoms with van der Waals surface area (Å²) in [4.78, 5) is 11.5. The molecule has 4 heteroatoms. The van der Waals surface area contributed by atoms with Gasteiger partial charge in [-0.05, 0) is 31.0 Å². The molecular weight excluding hydrogens is 250 g/mol. The van der Waals surface area contributed by atoms with E-state index in [1.807, 2.05) is 25.1 Å². The highest BCUT2D eigenvalue weighted by Gasteiger charge is 2.05. The average molecular weight is 268 g/mol. The first-order valence-electron chi connectivity index (χ1n) is 5.76. The summed E-state index contributed by atoms with van der Waals surface area (Å²) in [6.45, 7) is 6.14. The maximum absolute atomic E-state index is 11.5. The number of benzene rings is 1. The maximum atomic E-state index is 11.5. The predicted octanol–water partition coefficient (Wildman–Crippen LogP) is 2.97. The van der Waals surface area contributed by atoms with Gasteiger partial charge in [-0.1, -0.05) is 29.8 Å². The molecule has 0 atom stereocenters. The van der Waals surface area contributed by atoms with Crippen LogP contribution in [0.25, 0.3) is 0 Å². The van der Waals surface area contributed by atoms with Crippen molar-refractivity contribution in [3.05, 3.63) is 40.9 Å². The van der Waals surface area contributed by atoms with E-state index in [4.69, 9.17) is 16.3 Å². The average Bonchev–Trinajstić information content (AvgIpc) is 2.34. The lowest BCUT2D eigenvalue weighted by Crippen LogP contribution is -2.24. The molecule has 0 spiro atoms. The van der Waals surface area contributed by atoms with Crippen LogP contribution in [0.5, 0.6) is 5.75 Å². The Morgan fingerprint density at radius 3 is 2.78 bits per heavy atom. The van der Waals surface area contributed by atoms with E-state index in [9.17, 15) is 4.79 Å². The summed E-state index contributed by atoms with van der Waals surface area (Å²) in [5.74, 6) is 0.664. The SMILES string of the molecule is C=C(C)CNC(=O)CCc1ccc(OC)c(Cl)c1. The lowest BCUT2D eigenvalue weighted by molar-refractivity contribution is -0.120. The van der Waals surface area contributed by atoms with Crippen molar-refractivity contribution in [2.24, 2.45) is 0 Å². The van der Waals surface area contributed by atoms with E-state index < -0.39 is 0 Å². The minimum atomic E-state index is 0.0185. The molecule has 0 saturated heterocycles. The predicted molar refractivity (Wildman–Crippen MR) is 74.1 cm³/mol. The molecule has 0 heterocycles. The first kappa shape index (κ1) is 14.6. The fourth-order valence-corrected chi connectivity index (χ4v) is 1.74. The molecule has 98 valence electrons. The Hall–Kier alpha value is -1.48. The van der Waals surface area contributed by atoms with Crippen LogP contribution in [0.1, 0.15) is 18.9 Å². The van der Waals surface area contributed by atoms with Crippen LogP contribution in [0.2, 0.25) is 5.02 Å². The summed E-state index contributed by atoms with van der Waals surface area (Å²) in [5.41, 5.74) is 1.96. The quantitative estimate of drug-likeness (QED) is 0.805. The maximum Gasteiger partial charge on any atom is 0.220 e. The van der Waals surface area contributed by atoms with E-state index in [1.54, 1.807) is 7.11 Å². The van der Waals surface area contributed by atoms with Crippen molar-refractivity contribution in [1.82, 2.24) is 5.32 Å². The van der Waals surface area contributed by atoms with Crippen LogP contribution in [0.4, 0.5) is 0 Å². The van der Waals surface area contributed by atoms with E-state index in [-0.39, 0.29) is 5.91 Å². The summed E-state index contributed by atoms with van der Waals surface area (Å²) >= 11 is 6.01. The van der Waals surface area contributed by atoms with Crippen molar-refractivity contribution < 1.29 is 9.53 Å². The minimum absolute atomic E-state index is 0.0185. The Morgan fingerprint density at radius 1 is 1.50 bits per heavy atom. The van der Waals surface area contributed by atoms with Gasteiger partial charge in [0, 0.05) is 13.0 Å². The second kappa shape index (κ2) is 7.07. The van der Waals surface area contributed by atoms with Gasteiger partial charge in [0.2, 0.25) is 5.91 Å². The Bertz CT molecular complexity index is 443. The van der Waals surface area contributed by atoms with Crippen molar-refractivity contribution in [2.75, 3.05) is 13.7 Å². The number of carbonyl (C=O) groups excluding carboxylic acids is 1. The van der Waals surface area contributed by atoms with E-state index in [0.29, 0.717) is 30.2 Å². The Balaban J connectivity index is 2.46. The summed E-state index contributed by atoms with van der Waals surface area (Å²) < 4.78 is 5.07. The molecule has 0 radical (unpaired) electrons. The zero-order valence-corrected chi connectivity index (χ0v) is 11.5. The van der Waals surface area contributed by atoms with E-state index >= 15 is 0 Å². The number of rotatable bonds is 6. The fraction of sp³-hybridized carbons (Fsp3) is 0.357. The van der Waals surface area contributed by atoms with Crippen LogP contribution in [-0.2, 0) is 11.2 Å². The van der Waals surface area contributed by atoms with Gasteiger partial charge in [-0.3, -0.25) is 4.79 Å². The van der Waals surface area contributed by atoms with Crippen molar-refractivity contribution in [1.29, 1.82) is 0 Å². The van der Waals surface area contributed by atoms with Gasteiger partial charge >= 0.3 is 0 Å². The van der Waals surface area contributed by atoms with Crippen molar-refractivity contribution in [3.8, 4) is 5.75 Å². The van der Waals surface area contributed by atoms with Gasteiger partial charge in [0.1, 0.15) is 5.75 Å². The van der Waals surface area contributed by atoms with Crippen LogP contribution < -0.4 is 10.1 Å². The van der Waals surface area contributed by atoms with Crippen molar-refractivity contribution in [2.45, 2.75) is 19.8 Å². The first-order chi connectivity index (χ1) is 8.52. The molecule has 18 heavy (non-hydrogen) atoms. The molecule has 1 amide bonds. The second-order valence-electron chi connectivity index (χ2n) is 4.20. The van der Waals surface area contributed by atoms with Gasteiger partial charge in [-0.25, -0.2) is 0 Å². The van der Waals surface area contributed by atoms with Gasteiger partial charge < -0.3 is 10.1 Å². The van der Waals surface area contributed by atoms with E-state index in [0.717, 1.165) is 11.1 Å². The monoisotopic (exact) mass is 267 g/mol. The number of halogens is 1. The number of nitrogens with one attached hydrogen (secondary N) is 1. The van der Waals surface area contributed by atoms with Crippen LogP contribution in [-0.4, -0.2) is 19.6 Å². The van der Waals surface area contributed by atoms with Gasteiger partial charge in [0.25, 0.3) is 0 Å². The third-order valence-electron chi connectivity index (χ3n) is 2.44. The molecule has 1 rings (SSSR count). The number of carbonyl (C=O) groups is 1. The highest BCUT2D eigenvalue weighted by Crippen LogP contribution is 2.25. The lowest BCUT2D eigenvalue weighted by atomic mass is 10.1. The molecule has 0 unspecified atom stereocenters. The summed E-state index contributed by atoms with van der Waals surface area (Å²) in [7, 11) is 1.58. The molecule has 0 aliphatic rings. The molecule has 3 nitrogen and oxygen atoms in total. The Morgan fingerprint density at radius 2 is 2.22 bits per heavy atom. The second-order valence-corrected chi connectivity index (χ2v) is 4.61. The molecule has 0 aliphatic carbocycles. The highest BCUT2D eigenvalue weighted by molar-refractivity contribution is 6.32. The Kier molecular flexibility index (Phi) is 5.72. The van der Waals surface area contributed by atoms with Gasteiger partial charge in [-0.2, -0.15) is 0 Å². The summed E-state index contributed by atoms with van der Waals surface area (Å²) in [6, 6.07) is 5.55. The molecule has 0 aliphatic heterocycles. The molecule has 1 aromatic carbocycles. The molecule has 0 fully saturated rings. The molecule has 1 N–H and O–H groups in total. The van der Waals surface area contributed by atoms with Crippen LogP contribution in [0.15, 0.2) is 30.4 Å². The van der Waals surface area contributed by atoms with Crippen LogP contribution >= 0.6 is 11.6 Å². The number of hydrogen-bond acceptors (Lipinski definition) is 2. The Labute approximate surface area is 113 Å². The summed E-state index contributed by atoms with van der Waals surface area (Å²) in [5, 5.41) is 3.36. The van der Waals surface area contributed by atoms with Crippen LogP contribution in [0.3, 0.4) is 0 Å². The van der Waals surface area contributed by atoms with Crippen molar-refractivity contribution in [3.63, 3.8) is 0 Å². The normalized spacial score (nSPS) is 9.94. The lowest BCUT2D eigenvalue weighted by Gasteiger charge is -2.07. The third-order valence-corrected chi connectivity index (χ3v) is 2.74. The van der Waals surface area contributed by atoms with Gasteiger partial charge in [0.15, 0.2) is 0 Å². The van der Waals surface area contributed by atoms with Crippen molar-refractivity contribution >= 4 is 17.5 Å². The summed E-state index contributed by atoms with van der Waals surface area (Å²) in [6.07, 6.45) is 1.10. The highest BCUT2D eigenvalue weighted by atomic mass is 35.5. The van der Waals surface area contributed by atoms with Gasteiger partial charge in [0.05, 0.1) is 12.1 Å². The van der Waals surface area contributed by atoms with Crippen LogP contribution in [0, 0.1) is 0 Å². The number of hydrogen-bond donors (Lipinski definition) is 1. The third kappa shape index (κ3) is 4.80. The standard InChI is InChI=1S/C14H18ClNO2/c1-10(2)9-16-14(17)7-5-11-4-6-13(18-3)12(15)8-11/h4,6,8H,1,5,7,9H2,2-3H3,(H,16,17). The van der Waals surface area contributed by atoms with Gasteiger partial charge in [-0.15, -0.1) is 0 Å². The molecule has 0 bridgehead atoms. The van der Waals surface area contributed by atoms with E-state index in [1.165, 1.54) is 0 Å². The number of aryl methyl sites for hydroxylation is 1. The zero-order chi connectivity index (χ0) is 13.5. The molecular formula is C14H18ClNO2. The largest absolute Gasteiger partial charge is 0.495 e. The topological polar surface area (TPSA) is 38.3 Å². The number of methoxy groups -OCH3 is 1. The van der Waals surface area contributed by atoms with E-state index in [2.05, 4.69) is 11.9 Å². The molecule has 0 saturated carbocycles. The smallest absolute Gasteiger partial charge is 0.220 e. The fourth-order valence-electron chi connectivity index (χ4n) is 1.46. The molecule has 0 aromatic heterocycles.